The molecule has 0 bridgehead atoms. The number of hydrogen-bond acceptors (Lipinski definition) is 2. The van der Waals surface area contributed by atoms with Crippen molar-refractivity contribution in [3.8, 4) is 0 Å². The van der Waals surface area contributed by atoms with Gasteiger partial charge in [0, 0.05) is 25.2 Å². The van der Waals surface area contributed by atoms with E-state index in [1.807, 2.05) is 18.0 Å². The zero-order chi connectivity index (χ0) is 13.1. The average Bonchev–Trinajstić information content (AvgIpc) is 2.71. The van der Waals surface area contributed by atoms with Gasteiger partial charge in [0.05, 0.1) is 6.20 Å². The summed E-state index contributed by atoms with van der Waals surface area (Å²) in [5.74, 6) is 0.110. The number of carbonyl (C=O) groups is 1. The van der Waals surface area contributed by atoms with Crippen LogP contribution in [0.15, 0.2) is 18.9 Å². The van der Waals surface area contributed by atoms with Gasteiger partial charge in [0.2, 0.25) is 0 Å². The summed E-state index contributed by atoms with van der Waals surface area (Å²) in [6, 6.07) is 0.331. The Labute approximate surface area is 108 Å². The number of aryl methyl sites for hydroxylation is 1. The van der Waals surface area contributed by atoms with Crippen molar-refractivity contribution in [1.29, 1.82) is 0 Å². The molecule has 18 heavy (non-hydrogen) atoms. The summed E-state index contributed by atoms with van der Waals surface area (Å²) in [7, 11) is 1.83. The van der Waals surface area contributed by atoms with Gasteiger partial charge in [-0.25, -0.2) is 0 Å². The van der Waals surface area contributed by atoms with Crippen molar-refractivity contribution in [1.82, 2.24) is 14.7 Å². The molecule has 0 aliphatic carbocycles. The highest BCUT2D eigenvalue weighted by Crippen LogP contribution is 2.20. The molecule has 0 radical (unpaired) electrons. The highest BCUT2D eigenvalue weighted by molar-refractivity contribution is 5.94. The van der Waals surface area contributed by atoms with Crippen LogP contribution in [-0.2, 0) is 13.5 Å². The van der Waals surface area contributed by atoms with E-state index in [9.17, 15) is 4.79 Å². The first kappa shape index (κ1) is 12.9. The summed E-state index contributed by atoms with van der Waals surface area (Å²) in [4.78, 5) is 14.6. The lowest BCUT2D eigenvalue weighted by molar-refractivity contribution is 0.0623. The Morgan fingerprint density at radius 3 is 3.06 bits per heavy atom. The van der Waals surface area contributed by atoms with Crippen molar-refractivity contribution in [2.45, 2.75) is 38.6 Å². The average molecular weight is 247 g/mol. The Hall–Kier alpha value is -1.58. The lowest BCUT2D eigenvalue weighted by Gasteiger charge is -2.33. The van der Waals surface area contributed by atoms with E-state index >= 15 is 0 Å². The Bertz CT molecular complexity index is 450. The first-order valence-corrected chi connectivity index (χ1v) is 6.58. The van der Waals surface area contributed by atoms with Crippen LogP contribution in [0.3, 0.4) is 0 Å². The number of nitrogens with zero attached hydrogens (tertiary/aromatic N) is 3. The summed E-state index contributed by atoms with van der Waals surface area (Å²) in [6.07, 6.45) is 7.69. The van der Waals surface area contributed by atoms with Gasteiger partial charge in [-0.2, -0.15) is 5.10 Å². The Morgan fingerprint density at radius 2 is 2.39 bits per heavy atom. The standard InChI is InChI=1S/C14H21N3O/c1-4-7-12-10-15-16(3)13(12)14(18)17-9-6-5-8-11(17)2/h4,10-11H,1,5-9H2,2-3H3. The number of amides is 1. The molecule has 1 atom stereocenters. The molecule has 1 aliphatic heterocycles. The topological polar surface area (TPSA) is 38.1 Å². The third-order valence-corrected chi connectivity index (χ3v) is 3.65. The molecule has 1 aromatic heterocycles. The summed E-state index contributed by atoms with van der Waals surface area (Å²) in [5.41, 5.74) is 1.68. The number of hydrogen-bond donors (Lipinski definition) is 0. The van der Waals surface area contributed by atoms with Crippen LogP contribution in [-0.4, -0.2) is 33.2 Å². The number of allylic oxidation sites excluding steroid dienone is 1. The summed E-state index contributed by atoms with van der Waals surface area (Å²) >= 11 is 0. The first-order valence-electron chi connectivity index (χ1n) is 6.58. The second-order valence-corrected chi connectivity index (χ2v) is 4.98. The minimum Gasteiger partial charge on any atom is -0.335 e. The molecule has 1 aromatic rings. The first-order chi connectivity index (χ1) is 8.65. The molecule has 4 heteroatoms. The predicted molar refractivity (Wildman–Crippen MR) is 71.5 cm³/mol. The molecule has 1 unspecified atom stereocenters. The minimum absolute atomic E-state index is 0.110. The number of aromatic nitrogens is 2. The highest BCUT2D eigenvalue weighted by atomic mass is 16.2. The van der Waals surface area contributed by atoms with Gasteiger partial charge in [0.1, 0.15) is 5.69 Å². The van der Waals surface area contributed by atoms with Crippen LogP contribution >= 0.6 is 0 Å². The van der Waals surface area contributed by atoms with Crippen LogP contribution in [0.25, 0.3) is 0 Å². The van der Waals surface area contributed by atoms with E-state index in [0.717, 1.165) is 24.9 Å². The van der Waals surface area contributed by atoms with E-state index in [1.54, 1.807) is 10.9 Å². The molecule has 0 saturated carbocycles. The molecule has 1 fully saturated rings. The zero-order valence-corrected chi connectivity index (χ0v) is 11.2. The van der Waals surface area contributed by atoms with Crippen molar-refractivity contribution < 1.29 is 4.79 Å². The largest absolute Gasteiger partial charge is 0.335 e. The lowest BCUT2D eigenvalue weighted by Crippen LogP contribution is -2.43. The monoisotopic (exact) mass is 247 g/mol. The maximum Gasteiger partial charge on any atom is 0.272 e. The van der Waals surface area contributed by atoms with E-state index in [2.05, 4.69) is 18.6 Å². The summed E-state index contributed by atoms with van der Waals surface area (Å²) in [5, 5.41) is 4.20. The van der Waals surface area contributed by atoms with Crippen LogP contribution in [0.5, 0.6) is 0 Å². The van der Waals surface area contributed by atoms with Crippen molar-refractivity contribution in [2.75, 3.05) is 6.54 Å². The number of carbonyl (C=O) groups excluding carboxylic acids is 1. The molecule has 1 aliphatic rings. The number of likely N-dealkylation sites (tertiary alicyclic amines) is 1. The smallest absolute Gasteiger partial charge is 0.272 e. The molecular weight excluding hydrogens is 226 g/mol. The molecule has 4 nitrogen and oxygen atoms in total. The second-order valence-electron chi connectivity index (χ2n) is 4.98. The quantitative estimate of drug-likeness (QED) is 0.768. The number of rotatable bonds is 3. The molecular formula is C14H21N3O. The van der Waals surface area contributed by atoms with Gasteiger partial charge in [0.25, 0.3) is 5.91 Å². The van der Waals surface area contributed by atoms with Gasteiger partial charge >= 0.3 is 0 Å². The molecule has 98 valence electrons. The van der Waals surface area contributed by atoms with Crippen LogP contribution < -0.4 is 0 Å². The molecule has 0 aromatic carbocycles. The van der Waals surface area contributed by atoms with Crippen LogP contribution in [0.2, 0.25) is 0 Å². The SMILES string of the molecule is C=CCc1cnn(C)c1C(=O)N1CCCCC1C. The Morgan fingerprint density at radius 1 is 1.61 bits per heavy atom. The Kier molecular flexibility index (Phi) is 3.84. The number of piperidine rings is 1. The van der Waals surface area contributed by atoms with E-state index in [0.29, 0.717) is 18.2 Å². The maximum atomic E-state index is 12.6. The molecule has 2 heterocycles. The van der Waals surface area contributed by atoms with Crippen molar-refractivity contribution in [2.24, 2.45) is 7.05 Å². The van der Waals surface area contributed by atoms with E-state index in [4.69, 9.17) is 0 Å². The van der Waals surface area contributed by atoms with Crippen LogP contribution in [0, 0.1) is 0 Å². The van der Waals surface area contributed by atoms with Crippen LogP contribution in [0.4, 0.5) is 0 Å². The highest BCUT2D eigenvalue weighted by Gasteiger charge is 2.27. The van der Waals surface area contributed by atoms with Gasteiger partial charge < -0.3 is 4.90 Å². The van der Waals surface area contributed by atoms with Gasteiger partial charge in [-0.3, -0.25) is 9.48 Å². The fourth-order valence-electron chi connectivity index (χ4n) is 2.60. The van der Waals surface area contributed by atoms with Crippen molar-refractivity contribution >= 4 is 5.91 Å². The second kappa shape index (κ2) is 5.38. The summed E-state index contributed by atoms with van der Waals surface area (Å²) in [6.45, 7) is 6.72. The van der Waals surface area contributed by atoms with E-state index in [1.165, 1.54) is 6.42 Å². The fourth-order valence-corrected chi connectivity index (χ4v) is 2.60. The maximum absolute atomic E-state index is 12.6. The van der Waals surface area contributed by atoms with Gasteiger partial charge in [-0.05, 0) is 32.6 Å². The molecule has 1 saturated heterocycles. The fraction of sp³-hybridized carbons (Fsp3) is 0.571. The molecule has 1 amide bonds. The Balaban J connectivity index is 2.27. The van der Waals surface area contributed by atoms with Gasteiger partial charge in [0.15, 0.2) is 0 Å². The molecule has 0 spiro atoms. The molecule has 0 N–H and O–H groups in total. The van der Waals surface area contributed by atoms with E-state index in [-0.39, 0.29) is 5.91 Å². The van der Waals surface area contributed by atoms with Crippen molar-refractivity contribution in [3.05, 3.63) is 30.1 Å². The zero-order valence-electron chi connectivity index (χ0n) is 11.2. The lowest BCUT2D eigenvalue weighted by atomic mass is 10.0. The summed E-state index contributed by atoms with van der Waals surface area (Å²) < 4.78 is 1.68. The normalized spacial score (nSPS) is 19.9. The van der Waals surface area contributed by atoms with E-state index < -0.39 is 0 Å². The van der Waals surface area contributed by atoms with Crippen LogP contribution in [0.1, 0.15) is 42.2 Å². The third-order valence-electron chi connectivity index (χ3n) is 3.65. The molecule has 2 rings (SSSR count). The van der Waals surface area contributed by atoms with Gasteiger partial charge in [-0.15, -0.1) is 6.58 Å². The van der Waals surface area contributed by atoms with Gasteiger partial charge in [-0.1, -0.05) is 6.08 Å². The predicted octanol–water partition coefficient (Wildman–Crippen LogP) is 2.16. The third kappa shape index (κ3) is 2.33. The minimum atomic E-state index is 0.110. The van der Waals surface area contributed by atoms with Crippen molar-refractivity contribution in [3.63, 3.8) is 0 Å².